The van der Waals surface area contributed by atoms with Crippen molar-refractivity contribution in [2.45, 2.75) is 25.9 Å². The van der Waals surface area contributed by atoms with Crippen molar-refractivity contribution in [2.24, 2.45) is 0 Å². The molecule has 9 heteroatoms. The summed E-state index contributed by atoms with van der Waals surface area (Å²) < 4.78 is 3.90. The third kappa shape index (κ3) is 3.10. The lowest BCUT2D eigenvalue weighted by molar-refractivity contribution is 0.0970. The van der Waals surface area contributed by atoms with E-state index >= 15 is 0 Å². The summed E-state index contributed by atoms with van der Waals surface area (Å²) in [5.41, 5.74) is 1.64. The van der Waals surface area contributed by atoms with Crippen LogP contribution in [0.1, 0.15) is 28.6 Å². The number of aromatic nitrogens is 5. The van der Waals surface area contributed by atoms with E-state index in [4.69, 9.17) is 4.98 Å². The van der Waals surface area contributed by atoms with Gasteiger partial charge >= 0.3 is 0 Å². The molecule has 0 aliphatic carbocycles. The van der Waals surface area contributed by atoms with Gasteiger partial charge in [-0.2, -0.15) is 0 Å². The molecule has 0 bridgehead atoms. The van der Waals surface area contributed by atoms with Crippen LogP contribution in [0.2, 0.25) is 0 Å². The third-order valence-corrected chi connectivity index (χ3v) is 6.20. The van der Waals surface area contributed by atoms with Crippen LogP contribution < -0.4 is 4.90 Å². The van der Waals surface area contributed by atoms with E-state index in [1.165, 1.54) is 11.3 Å². The van der Waals surface area contributed by atoms with Crippen LogP contribution in [0.5, 0.6) is 0 Å². The first kappa shape index (κ1) is 17.4. The number of fused-ring (bicyclic) bond motifs is 2. The number of nitrogens with zero attached hydrogens (tertiary/aromatic N) is 6. The fraction of sp³-hybridized carbons (Fsp3) is 0.211. The fourth-order valence-corrected chi connectivity index (χ4v) is 4.83. The van der Waals surface area contributed by atoms with Crippen LogP contribution in [0.25, 0.3) is 10.2 Å². The first-order chi connectivity index (χ1) is 13.7. The predicted molar refractivity (Wildman–Crippen MR) is 110 cm³/mol. The quantitative estimate of drug-likeness (QED) is 0.468. The Hall–Kier alpha value is -2.65. The number of hydrogen-bond donors (Lipinski definition) is 0. The lowest BCUT2D eigenvalue weighted by Gasteiger charge is -2.19. The second-order valence-electron chi connectivity index (χ2n) is 6.52. The summed E-state index contributed by atoms with van der Waals surface area (Å²) in [4.78, 5) is 24.2. The lowest BCUT2D eigenvalue weighted by atomic mass is 10.3. The van der Waals surface area contributed by atoms with Gasteiger partial charge in [0.15, 0.2) is 5.13 Å². The van der Waals surface area contributed by atoms with E-state index in [0.29, 0.717) is 17.5 Å². The van der Waals surface area contributed by atoms with Gasteiger partial charge in [-0.1, -0.05) is 33.3 Å². The minimum absolute atomic E-state index is 0.204. The molecule has 0 spiro atoms. The number of carbonyl (C=O) groups excluding carboxylic acids is 1. The maximum Gasteiger partial charge on any atom is 0.298 e. The van der Waals surface area contributed by atoms with Crippen molar-refractivity contribution in [1.29, 1.82) is 0 Å². The average Bonchev–Trinajstić information content (AvgIpc) is 3.41. The van der Waals surface area contributed by atoms with E-state index in [2.05, 4.69) is 31.1 Å². The highest BCUT2D eigenvalue weighted by Gasteiger charge is 2.29. The summed E-state index contributed by atoms with van der Waals surface area (Å²) in [5, 5.41) is 8.97. The molecule has 0 unspecified atom stereocenters. The summed E-state index contributed by atoms with van der Waals surface area (Å²) in [7, 11) is 0. The van der Waals surface area contributed by atoms with Gasteiger partial charge in [0, 0.05) is 23.6 Å². The number of benzene rings is 1. The van der Waals surface area contributed by atoms with E-state index in [-0.39, 0.29) is 5.91 Å². The molecule has 0 saturated heterocycles. The van der Waals surface area contributed by atoms with E-state index < -0.39 is 0 Å². The van der Waals surface area contributed by atoms with Crippen molar-refractivity contribution < 1.29 is 4.79 Å². The molecule has 0 saturated carbocycles. The fourth-order valence-electron chi connectivity index (χ4n) is 3.31. The molecule has 1 amide bonds. The van der Waals surface area contributed by atoms with Crippen molar-refractivity contribution >= 4 is 48.5 Å². The molecule has 3 aromatic heterocycles. The number of hydrogen-bond acceptors (Lipinski definition) is 6. The van der Waals surface area contributed by atoms with Crippen LogP contribution >= 0.6 is 27.3 Å². The van der Waals surface area contributed by atoms with E-state index in [9.17, 15) is 4.79 Å². The molecule has 4 aromatic rings. The van der Waals surface area contributed by atoms with Gasteiger partial charge < -0.3 is 4.57 Å². The SMILES string of the molecule is O=C(c1nnc2n1CCC2)N(Cc1ccccn1)c1nc2ccc(Br)cc2s1. The molecule has 1 aliphatic heterocycles. The first-order valence-electron chi connectivity index (χ1n) is 8.89. The molecule has 1 aliphatic rings. The van der Waals surface area contributed by atoms with Crippen molar-refractivity contribution in [1.82, 2.24) is 24.7 Å². The maximum absolute atomic E-state index is 13.4. The zero-order valence-corrected chi connectivity index (χ0v) is 17.2. The maximum atomic E-state index is 13.4. The van der Waals surface area contributed by atoms with Gasteiger partial charge in [-0.15, -0.1) is 10.2 Å². The van der Waals surface area contributed by atoms with Gasteiger partial charge in [0.05, 0.1) is 22.5 Å². The second-order valence-corrected chi connectivity index (χ2v) is 8.44. The van der Waals surface area contributed by atoms with Crippen molar-refractivity contribution in [3.8, 4) is 0 Å². The van der Waals surface area contributed by atoms with Crippen LogP contribution in [-0.4, -0.2) is 30.6 Å². The highest BCUT2D eigenvalue weighted by Crippen LogP contribution is 2.32. The number of rotatable bonds is 4. The van der Waals surface area contributed by atoms with Crippen LogP contribution in [0.3, 0.4) is 0 Å². The molecule has 28 heavy (non-hydrogen) atoms. The molecular formula is C19H15BrN6OS. The van der Waals surface area contributed by atoms with Crippen molar-refractivity contribution in [3.05, 3.63) is 64.4 Å². The molecule has 5 rings (SSSR count). The molecule has 1 aromatic carbocycles. The Morgan fingerprint density at radius 3 is 3.04 bits per heavy atom. The van der Waals surface area contributed by atoms with Gasteiger partial charge in [0.25, 0.3) is 5.91 Å². The van der Waals surface area contributed by atoms with Gasteiger partial charge in [-0.3, -0.25) is 14.7 Å². The lowest BCUT2D eigenvalue weighted by Crippen LogP contribution is -2.33. The highest BCUT2D eigenvalue weighted by molar-refractivity contribution is 9.10. The Kier molecular flexibility index (Phi) is 4.40. The summed E-state index contributed by atoms with van der Waals surface area (Å²) in [6, 6.07) is 11.6. The second kappa shape index (κ2) is 7.06. The standard InChI is InChI=1S/C19H15BrN6OS/c20-12-6-7-14-15(10-12)28-19(22-14)26(11-13-4-1-2-8-21-13)18(27)17-24-23-16-5-3-9-25(16)17/h1-2,4,6-8,10H,3,5,9,11H2. The Bertz CT molecular complexity index is 1170. The minimum atomic E-state index is -0.204. The number of carbonyl (C=O) groups is 1. The molecule has 0 fully saturated rings. The number of halogens is 1. The summed E-state index contributed by atoms with van der Waals surface area (Å²) >= 11 is 4.97. The van der Waals surface area contributed by atoms with Gasteiger partial charge in [0.1, 0.15) is 5.82 Å². The Balaban J connectivity index is 1.58. The molecule has 0 N–H and O–H groups in total. The molecule has 0 atom stereocenters. The summed E-state index contributed by atoms with van der Waals surface area (Å²) in [6.07, 6.45) is 3.57. The first-order valence-corrected chi connectivity index (χ1v) is 10.5. The Morgan fingerprint density at radius 2 is 2.18 bits per heavy atom. The minimum Gasteiger partial charge on any atom is -0.307 e. The van der Waals surface area contributed by atoms with Crippen LogP contribution in [-0.2, 0) is 19.5 Å². The van der Waals surface area contributed by atoms with Gasteiger partial charge in [0.2, 0.25) is 5.82 Å². The van der Waals surface area contributed by atoms with Crippen LogP contribution in [0.15, 0.2) is 47.1 Å². The van der Waals surface area contributed by atoms with E-state index in [1.54, 1.807) is 11.1 Å². The van der Waals surface area contributed by atoms with Crippen molar-refractivity contribution in [3.63, 3.8) is 0 Å². The average molecular weight is 455 g/mol. The molecule has 0 radical (unpaired) electrons. The zero-order chi connectivity index (χ0) is 19.1. The van der Waals surface area contributed by atoms with E-state index in [1.807, 2.05) is 41.0 Å². The number of amides is 1. The van der Waals surface area contributed by atoms with Crippen LogP contribution in [0.4, 0.5) is 5.13 Å². The monoisotopic (exact) mass is 454 g/mol. The van der Waals surface area contributed by atoms with Gasteiger partial charge in [-0.05, 0) is 36.8 Å². The number of thiazole rings is 1. The largest absolute Gasteiger partial charge is 0.307 e. The number of aryl methyl sites for hydroxylation is 1. The zero-order valence-electron chi connectivity index (χ0n) is 14.7. The molecular weight excluding hydrogens is 440 g/mol. The number of anilines is 1. The number of pyridine rings is 1. The molecule has 140 valence electrons. The van der Waals surface area contributed by atoms with Crippen molar-refractivity contribution in [2.75, 3.05) is 4.90 Å². The third-order valence-electron chi connectivity index (χ3n) is 4.66. The summed E-state index contributed by atoms with van der Waals surface area (Å²) in [5.74, 6) is 1.03. The predicted octanol–water partition coefficient (Wildman–Crippen LogP) is 3.84. The van der Waals surface area contributed by atoms with E-state index in [0.717, 1.165) is 45.6 Å². The topological polar surface area (TPSA) is 76.8 Å². The Labute approximate surface area is 173 Å². The van der Waals surface area contributed by atoms with Gasteiger partial charge in [-0.25, -0.2) is 4.98 Å². The smallest absolute Gasteiger partial charge is 0.298 e. The van der Waals surface area contributed by atoms with Crippen LogP contribution in [0, 0.1) is 0 Å². The molecule has 7 nitrogen and oxygen atoms in total. The molecule has 4 heterocycles. The highest BCUT2D eigenvalue weighted by atomic mass is 79.9. The Morgan fingerprint density at radius 1 is 1.25 bits per heavy atom. The summed E-state index contributed by atoms with van der Waals surface area (Å²) in [6.45, 7) is 1.09. The normalized spacial score (nSPS) is 13.0.